The summed E-state index contributed by atoms with van der Waals surface area (Å²) in [5, 5.41) is 3.03. The maximum absolute atomic E-state index is 12.4. The highest BCUT2D eigenvalue weighted by Gasteiger charge is 2.33. The summed E-state index contributed by atoms with van der Waals surface area (Å²) in [6.07, 6.45) is 9.18. The topological polar surface area (TPSA) is 58.6 Å². The molecular formula is C22H30N2O3. The molecule has 1 unspecified atom stereocenters. The number of allylic oxidation sites excluding steroid dienone is 1. The number of benzene rings is 1. The van der Waals surface area contributed by atoms with Gasteiger partial charge in [-0.05, 0) is 50.2 Å². The van der Waals surface area contributed by atoms with Gasteiger partial charge < -0.3 is 15.0 Å². The zero-order chi connectivity index (χ0) is 19.1. The maximum Gasteiger partial charge on any atom is 0.225 e. The van der Waals surface area contributed by atoms with Crippen LogP contribution in [0.5, 0.6) is 5.75 Å². The van der Waals surface area contributed by atoms with Crippen molar-refractivity contribution in [3.8, 4) is 5.75 Å². The first-order valence-electron chi connectivity index (χ1n) is 10.0. The lowest BCUT2D eigenvalue weighted by Crippen LogP contribution is -2.34. The van der Waals surface area contributed by atoms with Gasteiger partial charge in [-0.1, -0.05) is 29.8 Å². The maximum atomic E-state index is 12.4. The van der Waals surface area contributed by atoms with Crippen LogP contribution in [-0.2, 0) is 16.0 Å². The summed E-state index contributed by atoms with van der Waals surface area (Å²) in [6, 6.07) is 7.86. The Morgan fingerprint density at radius 3 is 2.89 bits per heavy atom. The summed E-state index contributed by atoms with van der Waals surface area (Å²) >= 11 is 0. The van der Waals surface area contributed by atoms with Gasteiger partial charge in [-0.2, -0.15) is 0 Å². The van der Waals surface area contributed by atoms with E-state index in [0.717, 1.165) is 30.6 Å². The Morgan fingerprint density at radius 2 is 2.11 bits per heavy atom. The van der Waals surface area contributed by atoms with Gasteiger partial charge in [0.05, 0.1) is 13.0 Å². The molecule has 1 saturated heterocycles. The Morgan fingerprint density at radius 1 is 1.26 bits per heavy atom. The summed E-state index contributed by atoms with van der Waals surface area (Å²) in [7, 11) is 1.66. The van der Waals surface area contributed by atoms with Crippen molar-refractivity contribution in [3.05, 3.63) is 41.5 Å². The average molecular weight is 370 g/mol. The number of carbonyl (C=O) groups is 2. The first-order chi connectivity index (χ1) is 13.2. The first-order valence-corrected chi connectivity index (χ1v) is 10.0. The van der Waals surface area contributed by atoms with E-state index >= 15 is 0 Å². The van der Waals surface area contributed by atoms with Gasteiger partial charge in [-0.25, -0.2) is 0 Å². The van der Waals surface area contributed by atoms with E-state index < -0.39 is 0 Å². The third-order valence-corrected chi connectivity index (χ3v) is 5.56. The molecule has 5 nitrogen and oxygen atoms in total. The number of hydrogen-bond acceptors (Lipinski definition) is 3. The highest BCUT2D eigenvalue weighted by molar-refractivity contribution is 5.89. The molecule has 27 heavy (non-hydrogen) atoms. The van der Waals surface area contributed by atoms with E-state index in [9.17, 15) is 9.59 Å². The van der Waals surface area contributed by atoms with Gasteiger partial charge in [0.2, 0.25) is 11.8 Å². The minimum atomic E-state index is -0.226. The van der Waals surface area contributed by atoms with Crippen molar-refractivity contribution < 1.29 is 14.3 Å². The number of amides is 2. The van der Waals surface area contributed by atoms with Crippen LogP contribution in [0.25, 0.3) is 0 Å². The molecule has 2 aliphatic rings. The quantitative estimate of drug-likeness (QED) is 0.716. The van der Waals surface area contributed by atoms with E-state index in [1.807, 2.05) is 24.3 Å². The van der Waals surface area contributed by atoms with E-state index in [-0.39, 0.29) is 17.7 Å². The number of ether oxygens (including phenoxy) is 1. The van der Waals surface area contributed by atoms with Crippen LogP contribution in [-0.4, -0.2) is 43.5 Å². The smallest absolute Gasteiger partial charge is 0.225 e. The van der Waals surface area contributed by atoms with Crippen LogP contribution in [0, 0.1) is 5.92 Å². The molecule has 1 aliphatic heterocycles. The summed E-state index contributed by atoms with van der Waals surface area (Å²) in [5.74, 6) is 0.700. The largest absolute Gasteiger partial charge is 0.496 e. The van der Waals surface area contributed by atoms with Crippen LogP contribution in [0.1, 0.15) is 44.1 Å². The Labute approximate surface area is 161 Å². The van der Waals surface area contributed by atoms with E-state index in [0.29, 0.717) is 26.1 Å². The lowest BCUT2D eigenvalue weighted by Gasteiger charge is -2.18. The second-order valence-electron chi connectivity index (χ2n) is 7.45. The second-order valence-corrected chi connectivity index (χ2v) is 7.45. The normalized spacial score (nSPS) is 19.7. The summed E-state index contributed by atoms with van der Waals surface area (Å²) < 4.78 is 5.37. The van der Waals surface area contributed by atoms with Gasteiger partial charge in [0.1, 0.15) is 5.75 Å². The Balaban J connectivity index is 1.43. The summed E-state index contributed by atoms with van der Waals surface area (Å²) in [4.78, 5) is 26.5. The van der Waals surface area contributed by atoms with E-state index in [2.05, 4.69) is 11.4 Å². The number of para-hydroxylation sites is 1. The van der Waals surface area contributed by atoms with Crippen molar-refractivity contribution in [3.63, 3.8) is 0 Å². The molecule has 1 heterocycles. The molecule has 1 fully saturated rings. The predicted molar refractivity (Wildman–Crippen MR) is 106 cm³/mol. The monoisotopic (exact) mass is 370 g/mol. The molecule has 0 spiro atoms. The molecule has 2 amide bonds. The Bertz CT molecular complexity index is 699. The number of methoxy groups -OCH3 is 1. The molecule has 1 aromatic rings. The highest BCUT2D eigenvalue weighted by atomic mass is 16.5. The van der Waals surface area contributed by atoms with E-state index in [1.54, 1.807) is 12.0 Å². The van der Waals surface area contributed by atoms with Crippen LogP contribution in [0.3, 0.4) is 0 Å². The molecule has 3 rings (SSSR count). The fourth-order valence-electron chi connectivity index (χ4n) is 3.95. The van der Waals surface area contributed by atoms with Gasteiger partial charge in [-0.15, -0.1) is 0 Å². The number of nitrogens with one attached hydrogen (secondary N) is 1. The van der Waals surface area contributed by atoms with Crippen molar-refractivity contribution in [1.29, 1.82) is 0 Å². The van der Waals surface area contributed by atoms with Crippen molar-refractivity contribution >= 4 is 11.8 Å². The molecule has 1 atom stereocenters. The first kappa shape index (κ1) is 19.5. The van der Waals surface area contributed by atoms with Crippen LogP contribution >= 0.6 is 0 Å². The number of rotatable bonds is 8. The molecule has 0 bridgehead atoms. The van der Waals surface area contributed by atoms with Crippen LogP contribution < -0.4 is 10.1 Å². The Hall–Kier alpha value is -2.30. The predicted octanol–water partition coefficient (Wildman–Crippen LogP) is 3.09. The number of hydrogen-bond donors (Lipinski definition) is 1. The standard InChI is InChI=1S/C22H30N2O3/c1-27-20-10-6-5-9-18(20)12-14-24-16-19(15-21(24)25)22(26)23-13-11-17-7-3-2-4-8-17/h5-7,9-10,19H,2-4,8,11-16H2,1H3,(H,23,26). The number of carbonyl (C=O) groups excluding carboxylic acids is 2. The minimum absolute atomic E-state index is 0.0135. The van der Waals surface area contributed by atoms with Gasteiger partial charge in [0, 0.05) is 26.1 Å². The summed E-state index contributed by atoms with van der Waals surface area (Å²) in [6.45, 7) is 1.81. The lowest BCUT2D eigenvalue weighted by molar-refractivity contribution is -0.129. The molecule has 1 aliphatic carbocycles. The molecule has 0 saturated carbocycles. The van der Waals surface area contributed by atoms with Gasteiger partial charge in [0.25, 0.3) is 0 Å². The van der Waals surface area contributed by atoms with Crippen LogP contribution in [0.4, 0.5) is 0 Å². The molecule has 146 valence electrons. The van der Waals surface area contributed by atoms with Crippen molar-refractivity contribution in [2.45, 2.75) is 44.9 Å². The van der Waals surface area contributed by atoms with Crippen LogP contribution in [0.15, 0.2) is 35.9 Å². The van der Waals surface area contributed by atoms with Crippen molar-refractivity contribution in [1.82, 2.24) is 10.2 Å². The minimum Gasteiger partial charge on any atom is -0.496 e. The Kier molecular flexibility index (Phi) is 6.91. The van der Waals surface area contributed by atoms with Gasteiger partial charge >= 0.3 is 0 Å². The fraction of sp³-hybridized carbons (Fsp3) is 0.545. The molecular weight excluding hydrogens is 340 g/mol. The third kappa shape index (κ3) is 5.34. The lowest BCUT2D eigenvalue weighted by atomic mass is 9.97. The van der Waals surface area contributed by atoms with Gasteiger partial charge in [0.15, 0.2) is 0 Å². The van der Waals surface area contributed by atoms with Crippen molar-refractivity contribution in [2.75, 3.05) is 26.7 Å². The second kappa shape index (κ2) is 9.58. The third-order valence-electron chi connectivity index (χ3n) is 5.56. The average Bonchev–Trinajstić information content (AvgIpc) is 3.08. The SMILES string of the molecule is COc1ccccc1CCN1CC(C(=O)NCCC2=CCCCC2)CC1=O. The molecule has 0 aromatic heterocycles. The van der Waals surface area contributed by atoms with Gasteiger partial charge in [-0.3, -0.25) is 9.59 Å². The highest BCUT2D eigenvalue weighted by Crippen LogP contribution is 2.22. The molecule has 5 heteroatoms. The zero-order valence-corrected chi connectivity index (χ0v) is 16.2. The molecule has 1 aromatic carbocycles. The van der Waals surface area contributed by atoms with E-state index in [4.69, 9.17) is 4.74 Å². The zero-order valence-electron chi connectivity index (χ0n) is 16.2. The van der Waals surface area contributed by atoms with Crippen LogP contribution in [0.2, 0.25) is 0 Å². The fourth-order valence-corrected chi connectivity index (χ4v) is 3.95. The number of likely N-dealkylation sites (tertiary alicyclic amines) is 1. The molecule has 1 N–H and O–H groups in total. The van der Waals surface area contributed by atoms with Crippen molar-refractivity contribution in [2.24, 2.45) is 5.92 Å². The number of nitrogens with zero attached hydrogens (tertiary/aromatic N) is 1. The summed E-state index contributed by atoms with van der Waals surface area (Å²) in [5.41, 5.74) is 2.55. The molecule has 0 radical (unpaired) electrons. The van der Waals surface area contributed by atoms with E-state index in [1.165, 1.54) is 24.8 Å².